The highest BCUT2D eigenvalue weighted by Crippen LogP contribution is 2.35. The first-order chi connectivity index (χ1) is 15.7. The van der Waals surface area contributed by atoms with E-state index in [0.717, 1.165) is 50.4 Å². The molecule has 0 aliphatic carbocycles. The van der Waals surface area contributed by atoms with Crippen LogP contribution < -0.4 is 11.1 Å². The van der Waals surface area contributed by atoms with Crippen LogP contribution in [0.25, 0.3) is 21.3 Å². The Kier molecular flexibility index (Phi) is 6.68. The molecule has 4 aromatic rings. The zero-order chi connectivity index (χ0) is 23.6. The minimum absolute atomic E-state index is 0.287. The second-order valence-corrected chi connectivity index (χ2v) is 8.85. The number of nitrogens with one attached hydrogen (secondary N) is 2. The van der Waals surface area contributed by atoms with Crippen molar-refractivity contribution in [3.8, 4) is 10.4 Å². The average Bonchev–Trinajstić information content (AvgIpc) is 3.35. The quantitative estimate of drug-likeness (QED) is 0.328. The van der Waals surface area contributed by atoms with Crippen LogP contribution in [-0.2, 0) is 23.9 Å². The minimum atomic E-state index is -4.34. The number of thiazole rings is 1. The van der Waals surface area contributed by atoms with E-state index < -0.39 is 11.7 Å². The van der Waals surface area contributed by atoms with Crippen molar-refractivity contribution in [2.75, 3.05) is 19.0 Å². The Bertz CT molecular complexity index is 1230. The molecule has 0 radical (unpaired) electrons. The Hall–Kier alpha value is -2.95. The summed E-state index contributed by atoms with van der Waals surface area (Å²) < 4.78 is 43.5. The number of aryl methyl sites for hydroxylation is 1. The van der Waals surface area contributed by atoms with Gasteiger partial charge in [-0.15, -0.1) is 0 Å². The molecule has 0 fully saturated rings. The highest BCUT2D eigenvalue weighted by molar-refractivity contribution is 7.19. The maximum Gasteiger partial charge on any atom is 0.416 e. The van der Waals surface area contributed by atoms with Gasteiger partial charge in [-0.05, 0) is 48.7 Å². The molecule has 174 valence electrons. The van der Waals surface area contributed by atoms with Gasteiger partial charge in [-0.1, -0.05) is 29.5 Å². The third-order valence-electron chi connectivity index (χ3n) is 5.28. The van der Waals surface area contributed by atoms with Gasteiger partial charge in [0.1, 0.15) is 0 Å². The van der Waals surface area contributed by atoms with E-state index in [0.29, 0.717) is 24.7 Å². The van der Waals surface area contributed by atoms with Gasteiger partial charge in [0, 0.05) is 30.8 Å². The van der Waals surface area contributed by atoms with E-state index in [4.69, 9.17) is 10.5 Å². The molecule has 0 unspecified atom stereocenters. The van der Waals surface area contributed by atoms with E-state index in [9.17, 15) is 13.2 Å². The lowest BCUT2D eigenvalue weighted by molar-refractivity contribution is -0.137. The summed E-state index contributed by atoms with van der Waals surface area (Å²) in [5.41, 5.74) is 10.1. The molecule has 0 spiro atoms. The maximum atomic E-state index is 12.7. The molecule has 0 saturated carbocycles. The van der Waals surface area contributed by atoms with E-state index in [1.807, 2.05) is 19.1 Å². The number of H-pyrrole nitrogens is 1. The standard InChI is InChI=1S/C23H24F3N5OS/c1-13-18-10-15(5-8-19(18)31-30-13)21-20(12-32-2)29-22(33-21)28-11-17(27)9-14-3-6-16(7-4-14)23(24,25)26/h3-8,10,17H,9,11-12,27H2,1-2H3,(H,28,29)(H,30,31)/t17-/m1/s1. The number of halogens is 3. The molecule has 4 rings (SSSR count). The van der Waals surface area contributed by atoms with Crippen molar-refractivity contribution in [3.63, 3.8) is 0 Å². The summed E-state index contributed by atoms with van der Waals surface area (Å²) in [6, 6.07) is 10.9. The molecule has 0 amide bonds. The Morgan fingerprint density at radius 2 is 1.94 bits per heavy atom. The molecule has 1 atom stereocenters. The fourth-order valence-corrected chi connectivity index (χ4v) is 4.56. The molecule has 0 saturated heterocycles. The number of nitrogens with two attached hydrogens (primary N) is 1. The van der Waals surface area contributed by atoms with E-state index >= 15 is 0 Å². The fourth-order valence-electron chi connectivity index (χ4n) is 3.59. The van der Waals surface area contributed by atoms with Crippen molar-refractivity contribution in [3.05, 3.63) is 65.0 Å². The van der Waals surface area contributed by atoms with Crippen molar-refractivity contribution in [1.29, 1.82) is 0 Å². The Morgan fingerprint density at radius 3 is 2.64 bits per heavy atom. The van der Waals surface area contributed by atoms with Crippen molar-refractivity contribution in [1.82, 2.24) is 15.2 Å². The number of benzene rings is 2. The molecule has 2 aromatic carbocycles. The van der Waals surface area contributed by atoms with Crippen LogP contribution in [0.15, 0.2) is 42.5 Å². The number of ether oxygens (including phenoxy) is 1. The molecular weight excluding hydrogens is 451 g/mol. The molecule has 0 bridgehead atoms. The van der Waals surface area contributed by atoms with Crippen LogP contribution in [-0.4, -0.2) is 34.9 Å². The van der Waals surface area contributed by atoms with Crippen LogP contribution in [0.2, 0.25) is 0 Å². The van der Waals surface area contributed by atoms with Crippen molar-refractivity contribution in [2.45, 2.75) is 32.2 Å². The minimum Gasteiger partial charge on any atom is -0.378 e. The largest absolute Gasteiger partial charge is 0.416 e. The number of methoxy groups -OCH3 is 1. The molecule has 0 aliphatic heterocycles. The lowest BCUT2D eigenvalue weighted by Crippen LogP contribution is -2.31. The van der Waals surface area contributed by atoms with Crippen LogP contribution in [0, 0.1) is 6.92 Å². The number of alkyl halides is 3. The van der Waals surface area contributed by atoms with Gasteiger partial charge >= 0.3 is 6.18 Å². The smallest absolute Gasteiger partial charge is 0.378 e. The molecular formula is C23H24F3N5OS. The van der Waals surface area contributed by atoms with Gasteiger partial charge in [-0.3, -0.25) is 5.10 Å². The molecule has 0 aliphatic rings. The van der Waals surface area contributed by atoms with Gasteiger partial charge in [-0.25, -0.2) is 4.98 Å². The maximum absolute atomic E-state index is 12.7. The molecule has 10 heteroatoms. The summed E-state index contributed by atoms with van der Waals surface area (Å²) in [4.78, 5) is 5.66. The van der Waals surface area contributed by atoms with E-state index in [1.165, 1.54) is 23.5 Å². The molecule has 4 N–H and O–H groups in total. The van der Waals surface area contributed by atoms with E-state index in [1.54, 1.807) is 7.11 Å². The summed E-state index contributed by atoms with van der Waals surface area (Å²) >= 11 is 1.51. The SMILES string of the molecule is COCc1nc(NC[C@H](N)Cc2ccc(C(F)(F)F)cc2)sc1-c1ccc2n[nH]c(C)c2c1. The predicted octanol–water partition coefficient (Wildman–Crippen LogP) is 5.14. The van der Waals surface area contributed by atoms with Gasteiger partial charge in [-0.2, -0.15) is 18.3 Å². The first-order valence-corrected chi connectivity index (χ1v) is 11.2. The number of hydrogen-bond acceptors (Lipinski definition) is 6. The summed E-state index contributed by atoms with van der Waals surface area (Å²) in [7, 11) is 1.62. The van der Waals surface area contributed by atoms with Crippen LogP contribution in [0.3, 0.4) is 0 Å². The highest BCUT2D eigenvalue weighted by atomic mass is 32.1. The van der Waals surface area contributed by atoms with Gasteiger partial charge in [0.15, 0.2) is 5.13 Å². The van der Waals surface area contributed by atoms with Gasteiger partial charge in [0.05, 0.1) is 28.3 Å². The number of aromatic amines is 1. The van der Waals surface area contributed by atoms with E-state index in [-0.39, 0.29) is 6.04 Å². The first kappa shape index (κ1) is 23.2. The third-order valence-corrected chi connectivity index (χ3v) is 6.38. The molecule has 2 aromatic heterocycles. The highest BCUT2D eigenvalue weighted by Gasteiger charge is 2.30. The lowest BCUT2D eigenvalue weighted by Gasteiger charge is -2.13. The summed E-state index contributed by atoms with van der Waals surface area (Å²) in [5.74, 6) is 0. The van der Waals surface area contributed by atoms with Crippen LogP contribution >= 0.6 is 11.3 Å². The van der Waals surface area contributed by atoms with Gasteiger partial charge in [0.2, 0.25) is 0 Å². The average molecular weight is 476 g/mol. The molecule has 6 nitrogen and oxygen atoms in total. The second-order valence-electron chi connectivity index (χ2n) is 7.85. The summed E-state index contributed by atoms with van der Waals surface area (Å²) in [5, 5.41) is 12.3. The van der Waals surface area contributed by atoms with Crippen molar-refractivity contribution >= 4 is 27.4 Å². The normalized spacial score (nSPS) is 12.9. The lowest BCUT2D eigenvalue weighted by atomic mass is 10.0. The first-order valence-electron chi connectivity index (χ1n) is 10.3. The number of rotatable bonds is 8. The predicted molar refractivity (Wildman–Crippen MR) is 124 cm³/mol. The molecule has 2 heterocycles. The number of aromatic nitrogens is 3. The monoisotopic (exact) mass is 475 g/mol. The third kappa shape index (κ3) is 5.35. The zero-order valence-electron chi connectivity index (χ0n) is 18.2. The Balaban J connectivity index is 1.45. The number of nitrogens with zero attached hydrogens (tertiary/aromatic N) is 2. The van der Waals surface area contributed by atoms with Gasteiger partial charge < -0.3 is 15.8 Å². The fraction of sp³-hybridized carbons (Fsp3) is 0.304. The second kappa shape index (κ2) is 9.50. The Morgan fingerprint density at radius 1 is 1.18 bits per heavy atom. The zero-order valence-corrected chi connectivity index (χ0v) is 19.0. The number of fused-ring (bicyclic) bond motifs is 1. The topological polar surface area (TPSA) is 88.8 Å². The van der Waals surface area contributed by atoms with Crippen LogP contribution in [0.5, 0.6) is 0 Å². The van der Waals surface area contributed by atoms with Gasteiger partial charge in [0.25, 0.3) is 0 Å². The Labute approximate surface area is 193 Å². The van der Waals surface area contributed by atoms with Crippen molar-refractivity contribution in [2.24, 2.45) is 5.73 Å². The van der Waals surface area contributed by atoms with Crippen molar-refractivity contribution < 1.29 is 17.9 Å². The van der Waals surface area contributed by atoms with Crippen LogP contribution in [0.4, 0.5) is 18.3 Å². The van der Waals surface area contributed by atoms with Crippen LogP contribution in [0.1, 0.15) is 22.5 Å². The molecule has 33 heavy (non-hydrogen) atoms. The van der Waals surface area contributed by atoms with E-state index in [2.05, 4.69) is 26.6 Å². The number of anilines is 1. The summed E-state index contributed by atoms with van der Waals surface area (Å²) in [6.07, 6.45) is -3.89. The summed E-state index contributed by atoms with van der Waals surface area (Å²) in [6.45, 7) is 2.78. The number of hydrogen-bond donors (Lipinski definition) is 3.